The summed E-state index contributed by atoms with van der Waals surface area (Å²) in [6, 6.07) is 39.6. The summed E-state index contributed by atoms with van der Waals surface area (Å²) in [7, 11) is 0. The third-order valence-corrected chi connectivity index (χ3v) is 9.38. The van der Waals surface area contributed by atoms with Crippen molar-refractivity contribution >= 4 is 70.3 Å². The van der Waals surface area contributed by atoms with Crippen LogP contribution in [0.15, 0.2) is 128 Å². The number of hydrogen-bond acceptors (Lipinski definition) is 1. The van der Waals surface area contributed by atoms with Crippen LogP contribution in [0.5, 0.6) is 0 Å². The maximum atomic E-state index is 3.92. The summed E-state index contributed by atoms with van der Waals surface area (Å²) in [6.45, 7) is 6.14. The van der Waals surface area contributed by atoms with Crippen molar-refractivity contribution < 1.29 is 0 Å². The molecule has 0 aliphatic carbocycles. The molecule has 0 aliphatic heterocycles. The molecule has 8 rings (SSSR count). The fourth-order valence-electron chi connectivity index (χ4n) is 6.36. The van der Waals surface area contributed by atoms with Crippen LogP contribution in [0.1, 0.15) is 11.3 Å². The van der Waals surface area contributed by atoms with E-state index in [0.29, 0.717) is 0 Å². The number of hydrogen-bond donors (Lipinski definition) is 0. The van der Waals surface area contributed by atoms with Gasteiger partial charge in [-0.2, -0.15) is 0 Å². The number of benzene rings is 5. The smallest absolute Gasteiger partial charge is 0.0640 e. The van der Waals surface area contributed by atoms with Gasteiger partial charge in [0.2, 0.25) is 0 Å². The fourth-order valence-corrected chi connectivity index (χ4v) is 7.67. The molecule has 8 aromatic rings. The van der Waals surface area contributed by atoms with Gasteiger partial charge in [0.25, 0.3) is 0 Å². The van der Waals surface area contributed by atoms with Crippen LogP contribution in [-0.4, -0.2) is 9.13 Å². The normalized spacial score (nSPS) is 12.1. The van der Waals surface area contributed by atoms with E-state index in [1.807, 2.05) is 23.5 Å². The number of aromatic nitrogens is 2. The minimum Gasteiger partial charge on any atom is -0.308 e. The number of rotatable bonds is 4. The molecule has 3 aromatic heterocycles. The lowest BCUT2D eigenvalue weighted by Crippen LogP contribution is -1.97. The molecule has 0 saturated heterocycles. The second-order valence-electron chi connectivity index (χ2n) is 10.2. The molecular formula is C37H26N2S. The van der Waals surface area contributed by atoms with Crippen LogP contribution < -0.4 is 0 Å². The highest BCUT2D eigenvalue weighted by Gasteiger charge is 2.20. The summed E-state index contributed by atoms with van der Waals surface area (Å²) < 4.78 is 7.45. The SMILES string of the molecule is C=CC=Cc1c(C)c2ccccc2n1-c1cccc2c1sc1c(-n3c4ccccc4c4ccccc43)cccc12. The van der Waals surface area contributed by atoms with Crippen molar-refractivity contribution in [2.24, 2.45) is 0 Å². The fraction of sp³-hybridized carbons (Fsp3) is 0.0270. The number of nitrogens with zero attached hydrogens (tertiary/aromatic N) is 2. The predicted molar refractivity (Wildman–Crippen MR) is 174 cm³/mol. The van der Waals surface area contributed by atoms with Gasteiger partial charge >= 0.3 is 0 Å². The molecule has 0 unspecified atom stereocenters. The van der Waals surface area contributed by atoms with E-state index in [1.54, 1.807) is 0 Å². The zero-order valence-corrected chi connectivity index (χ0v) is 23.0. The Kier molecular flexibility index (Phi) is 5.10. The van der Waals surface area contributed by atoms with E-state index in [4.69, 9.17) is 0 Å². The van der Waals surface area contributed by atoms with E-state index in [-0.39, 0.29) is 0 Å². The molecule has 0 bridgehead atoms. The number of thiophene rings is 1. The van der Waals surface area contributed by atoms with Gasteiger partial charge in [0.05, 0.1) is 37.3 Å². The van der Waals surface area contributed by atoms with Crippen molar-refractivity contribution in [1.29, 1.82) is 0 Å². The number of fused-ring (bicyclic) bond motifs is 7. The molecule has 0 radical (unpaired) electrons. The third kappa shape index (κ3) is 3.16. The number of para-hydroxylation sites is 3. The molecule has 190 valence electrons. The van der Waals surface area contributed by atoms with E-state index in [1.165, 1.54) is 75.5 Å². The molecule has 0 saturated carbocycles. The van der Waals surface area contributed by atoms with Gasteiger partial charge < -0.3 is 9.13 Å². The number of allylic oxidation sites excluding steroid dienone is 2. The first-order valence-electron chi connectivity index (χ1n) is 13.6. The van der Waals surface area contributed by atoms with Crippen molar-refractivity contribution in [1.82, 2.24) is 9.13 Å². The van der Waals surface area contributed by atoms with Crippen LogP contribution in [0.25, 0.3) is 70.3 Å². The van der Waals surface area contributed by atoms with Crippen molar-refractivity contribution in [3.8, 4) is 11.4 Å². The number of aryl methyl sites for hydroxylation is 1. The Balaban J connectivity index is 1.48. The highest BCUT2D eigenvalue weighted by molar-refractivity contribution is 7.26. The first-order valence-corrected chi connectivity index (χ1v) is 14.4. The van der Waals surface area contributed by atoms with Crippen LogP contribution in [-0.2, 0) is 0 Å². The summed E-state index contributed by atoms with van der Waals surface area (Å²) in [5.74, 6) is 0. The van der Waals surface area contributed by atoms with Crippen molar-refractivity contribution in [3.05, 3.63) is 139 Å². The highest BCUT2D eigenvalue weighted by Crippen LogP contribution is 2.44. The van der Waals surface area contributed by atoms with Gasteiger partial charge in [0, 0.05) is 32.6 Å². The van der Waals surface area contributed by atoms with Crippen molar-refractivity contribution in [2.75, 3.05) is 0 Å². The molecule has 5 aromatic carbocycles. The lowest BCUT2D eigenvalue weighted by Gasteiger charge is -2.10. The first kappa shape index (κ1) is 23.1. The van der Waals surface area contributed by atoms with E-state index >= 15 is 0 Å². The monoisotopic (exact) mass is 530 g/mol. The first-order chi connectivity index (χ1) is 19.8. The van der Waals surface area contributed by atoms with Gasteiger partial charge in [-0.1, -0.05) is 97.6 Å². The van der Waals surface area contributed by atoms with Crippen LogP contribution in [0.2, 0.25) is 0 Å². The average Bonchev–Trinajstić information content (AvgIpc) is 3.64. The van der Waals surface area contributed by atoms with Gasteiger partial charge in [-0.05, 0) is 48.9 Å². The summed E-state index contributed by atoms with van der Waals surface area (Å²) in [5.41, 5.74) is 8.58. The van der Waals surface area contributed by atoms with Gasteiger partial charge in [-0.15, -0.1) is 11.3 Å². The average molecular weight is 531 g/mol. The molecule has 0 fully saturated rings. The van der Waals surface area contributed by atoms with E-state index in [0.717, 1.165) is 0 Å². The molecule has 0 N–H and O–H groups in total. The van der Waals surface area contributed by atoms with Crippen LogP contribution >= 0.6 is 11.3 Å². The molecule has 2 nitrogen and oxygen atoms in total. The molecule has 40 heavy (non-hydrogen) atoms. The molecule has 3 heterocycles. The minimum absolute atomic E-state index is 1.19. The lowest BCUT2D eigenvalue weighted by molar-refractivity contribution is 1.11. The van der Waals surface area contributed by atoms with Gasteiger partial charge in [-0.3, -0.25) is 0 Å². The Bertz CT molecular complexity index is 2250. The lowest BCUT2D eigenvalue weighted by atomic mass is 10.1. The molecule has 0 aliphatic rings. The molecule has 0 amide bonds. The van der Waals surface area contributed by atoms with Crippen LogP contribution in [0.4, 0.5) is 0 Å². The highest BCUT2D eigenvalue weighted by atomic mass is 32.1. The third-order valence-electron chi connectivity index (χ3n) is 8.11. The zero-order chi connectivity index (χ0) is 26.8. The Morgan fingerprint density at radius 3 is 1.60 bits per heavy atom. The predicted octanol–water partition coefficient (Wildman–Crippen LogP) is 10.6. The minimum atomic E-state index is 1.19. The van der Waals surface area contributed by atoms with Crippen molar-refractivity contribution in [3.63, 3.8) is 0 Å². The Morgan fingerprint density at radius 1 is 0.550 bits per heavy atom. The quantitative estimate of drug-likeness (QED) is 0.200. The zero-order valence-electron chi connectivity index (χ0n) is 22.1. The maximum absolute atomic E-state index is 3.92. The van der Waals surface area contributed by atoms with E-state index in [2.05, 4.69) is 138 Å². The second-order valence-corrected chi connectivity index (χ2v) is 11.3. The molecular weight excluding hydrogens is 504 g/mol. The second kappa shape index (κ2) is 8.84. The summed E-state index contributed by atoms with van der Waals surface area (Å²) in [6.07, 6.45) is 6.06. The van der Waals surface area contributed by atoms with Gasteiger partial charge in [-0.25, -0.2) is 0 Å². The topological polar surface area (TPSA) is 9.86 Å². The largest absolute Gasteiger partial charge is 0.308 e. The summed E-state index contributed by atoms with van der Waals surface area (Å²) in [5, 5.41) is 6.41. The van der Waals surface area contributed by atoms with E-state index < -0.39 is 0 Å². The molecule has 3 heteroatoms. The summed E-state index contributed by atoms with van der Waals surface area (Å²) >= 11 is 1.89. The standard InChI is InChI=1S/C37H26N2S/c1-3-4-18-30-24(2)25-13-5-8-19-31(25)38(30)34-22-11-16-28-29-17-12-23-35(37(29)40-36(28)34)39-32-20-9-6-14-26(32)27-15-7-10-21-33(27)39/h3-23H,1H2,2H3. The van der Waals surface area contributed by atoms with Crippen molar-refractivity contribution in [2.45, 2.75) is 6.92 Å². The van der Waals surface area contributed by atoms with Crippen LogP contribution in [0.3, 0.4) is 0 Å². The Hall–Kier alpha value is -4.86. The Morgan fingerprint density at radius 2 is 1.02 bits per heavy atom. The van der Waals surface area contributed by atoms with Gasteiger partial charge in [0.1, 0.15) is 0 Å². The van der Waals surface area contributed by atoms with E-state index in [9.17, 15) is 0 Å². The Labute approximate surface area is 236 Å². The maximum Gasteiger partial charge on any atom is 0.0640 e. The van der Waals surface area contributed by atoms with Crippen LogP contribution in [0, 0.1) is 6.92 Å². The molecule has 0 atom stereocenters. The van der Waals surface area contributed by atoms with Gasteiger partial charge in [0.15, 0.2) is 0 Å². The summed E-state index contributed by atoms with van der Waals surface area (Å²) in [4.78, 5) is 0. The molecule has 0 spiro atoms.